The maximum atomic E-state index is 11.4. The van der Waals surface area contributed by atoms with Gasteiger partial charge in [-0.3, -0.25) is 8.37 Å². The SMILES string of the molecule is CCCCCCCCCCCCCOS(=O)OCCCCCC. The maximum absolute atomic E-state index is 11.4. The van der Waals surface area contributed by atoms with Crippen molar-refractivity contribution in [1.82, 2.24) is 0 Å². The lowest BCUT2D eigenvalue weighted by molar-refractivity contribution is 0.241. The second kappa shape index (κ2) is 20.1. The lowest BCUT2D eigenvalue weighted by atomic mass is 10.1. The molecule has 0 aromatic rings. The van der Waals surface area contributed by atoms with E-state index in [1.54, 1.807) is 0 Å². The predicted octanol–water partition coefficient (Wildman–Crippen LogP) is 6.49. The third kappa shape index (κ3) is 20.0. The molecule has 0 rings (SSSR count). The highest BCUT2D eigenvalue weighted by molar-refractivity contribution is 7.75. The zero-order valence-corrected chi connectivity index (χ0v) is 16.5. The number of hydrogen-bond acceptors (Lipinski definition) is 3. The molecule has 4 heteroatoms. The van der Waals surface area contributed by atoms with Gasteiger partial charge < -0.3 is 0 Å². The Hall–Kier alpha value is 0.0700. The van der Waals surface area contributed by atoms with E-state index in [4.69, 9.17) is 8.37 Å². The fourth-order valence-electron chi connectivity index (χ4n) is 2.58. The fraction of sp³-hybridized carbons (Fsp3) is 1.00. The summed E-state index contributed by atoms with van der Waals surface area (Å²) in [5.74, 6) is 0. The van der Waals surface area contributed by atoms with E-state index in [0.717, 1.165) is 19.3 Å². The molecule has 0 saturated heterocycles. The van der Waals surface area contributed by atoms with Gasteiger partial charge in [0.15, 0.2) is 0 Å². The molecule has 0 aliphatic rings. The molecule has 0 aliphatic heterocycles. The van der Waals surface area contributed by atoms with Crippen LogP contribution < -0.4 is 0 Å². The first-order valence-electron chi connectivity index (χ1n) is 9.99. The van der Waals surface area contributed by atoms with Crippen LogP contribution in [0.1, 0.15) is 110 Å². The molecule has 0 bridgehead atoms. The molecule has 0 aliphatic carbocycles. The Kier molecular flexibility index (Phi) is 20.2. The quantitative estimate of drug-likeness (QED) is 0.250. The average Bonchev–Trinajstić information content (AvgIpc) is 2.55. The molecule has 0 saturated carbocycles. The van der Waals surface area contributed by atoms with Crippen molar-refractivity contribution in [3.8, 4) is 0 Å². The van der Waals surface area contributed by atoms with Crippen LogP contribution in [0.3, 0.4) is 0 Å². The van der Waals surface area contributed by atoms with Crippen molar-refractivity contribution in [1.29, 1.82) is 0 Å². The van der Waals surface area contributed by atoms with Gasteiger partial charge in [-0.05, 0) is 12.8 Å². The summed E-state index contributed by atoms with van der Waals surface area (Å²) in [6, 6.07) is 0. The highest BCUT2D eigenvalue weighted by atomic mass is 32.2. The maximum Gasteiger partial charge on any atom is 0.304 e. The van der Waals surface area contributed by atoms with Gasteiger partial charge in [-0.2, -0.15) is 4.21 Å². The van der Waals surface area contributed by atoms with Gasteiger partial charge in [0.25, 0.3) is 0 Å². The van der Waals surface area contributed by atoms with E-state index < -0.39 is 11.4 Å². The zero-order chi connectivity index (χ0) is 17.0. The molecule has 0 amide bonds. The van der Waals surface area contributed by atoms with Crippen molar-refractivity contribution >= 4 is 11.4 Å². The van der Waals surface area contributed by atoms with Crippen LogP contribution >= 0.6 is 0 Å². The standard InChI is InChI=1S/C19H40O3S/c1-3-5-7-9-10-11-12-13-14-15-17-19-22-23(20)21-18-16-8-6-4-2/h3-19H2,1-2H3. The van der Waals surface area contributed by atoms with Crippen LogP contribution in [0.5, 0.6) is 0 Å². The van der Waals surface area contributed by atoms with Gasteiger partial charge in [0, 0.05) is 0 Å². The number of hydrogen-bond donors (Lipinski definition) is 0. The van der Waals surface area contributed by atoms with Gasteiger partial charge in [0.1, 0.15) is 0 Å². The van der Waals surface area contributed by atoms with Crippen LogP contribution in [-0.4, -0.2) is 17.4 Å². The number of rotatable bonds is 19. The molecule has 1 unspecified atom stereocenters. The Bertz CT molecular complexity index is 247. The van der Waals surface area contributed by atoms with Gasteiger partial charge in [-0.25, -0.2) is 0 Å². The summed E-state index contributed by atoms with van der Waals surface area (Å²) in [6.07, 6.45) is 19.0. The third-order valence-electron chi connectivity index (χ3n) is 4.10. The summed E-state index contributed by atoms with van der Waals surface area (Å²) >= 11 is -1.54. The molecule has 0 fully saturated rings. The molecule has 0 heterocycles. The van der Waals surface area contributed by atoms with E-state index in [0.29, 0.717) is 13.2 Å². The molecule has 0 radical (unpaired) electrons. The highest BCUT2D eigenvalue weighted by Crippen LogP contribution is 2.11. The zero-order valence-electron chi connectivity index (χ0n) is 15.7. The van der Waals surface area contributed by atoms with Crippen molar-refractivity contribution in [3.63, 3.8) is 0 Å². The van der Waals surface area contributed by atoms with Crippen molar-refractivity contribution in [2.45, 2.75) is 110 Å². The van der Waals surface area contributed by atoms with Gasteiger partial charge in [-0.15, -0.1) is 0 Å². The van der Waals surface area contributed by atoms with E-state index in [1.807, 2.05) is 0 Å². The van der Waals surface area contributed by atoms with Crippen molar-refractivity contribution in [3.05, 3.63) is 0 Å². The first kappa shape index (κ1) is 23.1. The van der Waals surface area contributed by atoms with E-state index in [-0.39, 0.29) is 0 Å². The minimum atomic E-state index is -1.54. The van der Waals surface area contributed by atoms with E-state index in [1.165, 1.54) is 77.0 Å². The van der Waals surface area contributed by atoms with Crippen LogP contribution in [0.4, 0.5) is 0 Å². The summed E-state index contributed by atoms with van der Waals surface area (Å²) < 4.78 is 21.7. The van der Waals surface area contributed by atoms with Crippen LogP contribution in [0.2, 0.25) is 0 Å². The second-order valence-corrected chi connectivity index (χ2v) is 7.32. The van der Waals surface area contributed by atoms with Gasteiger partial charge in [0.2, 0.25) is 0 Å². The van der Waals surface area contributed by atoms with Crippen molar-refractivity contribution < 1.29 is 12.6 Å². The lowest BCUT2D eigenvalue weighted by Crippen LogP contribution is -2.05. The summed E-state index contributed by atoms with van der Waals surface area (Å²) in [4.78, 5) is 0. The molecule has 0 spiro atoms. The third-order valence-corrected chi connectivity index (χ3v) is 4.82. The number of unbranched alkanes of at least 4 members (excludes halogenated alkanes) is 13. The van der Waals surface area contributed by atoms with Gasteiger partial charge >= 0.3 is 11.4 Å². The second-order valence-electron chi connectivity index (χ2n) is 6.44. The topological polar surface area (TPSA) is 35.5 Å². The smallest absolute Gasteiger partial charge is 0.268 e. The Morgan fingerprint density at radius 1 is 0.522 bits per heavy atom. The molecule has 23 heavy (non-hydrogen) atoms. The minimum absolute atomic E-state index is 0.546. The summed E-state index contributed by atoms with van der Waals surface area (Å²) in [6.45, 7) is 5.54. The van der Waals surface area contributed by atoms with Crippen molar-refractivity contribution in [2.24, 2.45) is 0 Å². The first-order chi connectivity index (χ1) is 11.3. The molecular weight excluding hydrogens is 308 g/mol. The summed E-state index contributed by atoms with van der Waals surface area (Å²) in [5.41, 5.74) is 0. The largest absolute Gasteiger partial charge is 0.304 e. The van der Waals surface area contributed by atoms with E-state index in [2.05, 4.69) is 13.8 Å². The lowest BCUT2D eigenvalue weighted by Gasteiger charge is -2.04. The molecule has 0 aromatic heterocycles. The normalized spacial score (nSPS) is 12.6. The summed E-state index contributed by atoms with van der Waals surface area (Å²) in [5, 5.41) is 0. The monoisotopic (exact) mass is 348 g/mol. The van der Waals surface area contributed by atoms with Crippen LogP contribution in [0.25, 0.3) is 0 Å². The van der Waals surface area contributed by atoms with E-state index >= 15 is 0 Å². The van der Waals surface area contributed by atoms with Crippen LogP contribution in [0, 0.1) is 0 Å². The predicted molar refractivity (Wildman–Crippen MR) is 101 cm³/mol. The highest BCUT2D eigenvalue weighted by Gasteiger charge is 2.01. The molecule has 140 valence electrons. The Labute approximate surface area is 147 Å². The fourth-order valence-corrected chi connectivity index (χ4v) is 3.16. The van der Waals surface area contributed by atoms with Crippen LogP contribution in [-0.2, 0) is 19.7 Å². The van der Waals surface area contributed by atoms with Gasteiger partial charge in [0.05, 0.1) is 13.2 Å². The minimum Gasteiger partial charge on any atom is -0.268 e. The molecule has 0 aromatic carbocycles. The Balaban J connectivity index is 3.10. The van der Waals surface area contributed by atoms with E-state index in [9.17, 15) is 4.21 Å². The molecule has 0 N–H and O–H groups in total. The molecule has 3 nitrogen and oxygen atoms in total. The molecular formula is C19H40O3S. The Morgan fingerprint density at radius 2 is 0.826 bits per heavy atom. The summed E-state index contributed by atoms with van der Waals surface area (Å²) in [7, 11) is 0. The van der Waals surface area contributed by atoms with Crippen molar-refractivity contribution in [2.75, 3.05) is 13.2 Å². The first-order valence-corrected chi connectivity index (χ1v) is 11.0. The van der Waals surface area contributed by atoms with Gasteiger partial charge in [-0.1, -0.05) is 97.3 Å². The van der Waals surface area contributed by atoms with Crippen LogP contribution in [0.15, 0.2) is 0 Å². The molecule has 1 atom stereocenters. The average molecular weight is 349 g/mol. The Morgan fingerprint density at radius 3 is 1.22 bits per heavy atom.